The van der Waals surface area contributed by atoms with Crippen LogP contribution < -0.4 is 0 Å². The normalized spacial score (nSPS) is 10.9. The molecule has 0 bridgehead atoms. The van der Waals surface area contributed by atoms with Gasteiger partial charge in [0.2, 0.25) is 0 Å². The van der Waals surface area contributed by atoms with Gasteiger partial charge in [0.1, 0.15) is 5.56 Å². The average molecular weight is 352 g/mol. The van der Waals surface area contributed by atoms with E-state index in [0.29, 0.717) is 34.0 Å². The van der Waals surface area contributed by atoms with Crippen LogP contribution in [0.3, 0.4) is 0 Å². The number of halogens is 2. The Hall–Kier alpha value is -2.24. The monoisotopic (exact) mass is 351 g/mol. The molecule has 2 aromatic heterocycles. The second-order valence-corrected chi connectivity index (χ2v) is 5.71. The molecule has 118 valence electrons. The summed E-state index contributed by atoms with van der Waals surface area (Å²) in [6.45, 7) is 0.433. The number of nitrogens with zero attached hydrogens (tertiary/aromatic N) is 1. The van der Waals surface area contributed by atoms with Crippen molar-refractivity contribution in [1.29, 1.82) is 0 Å². The molecule has 3 rings (SSSR count). The van der Waals surface area contributed by atoms with Crippen LogP contribution in [0.1, 0.15) is 26.5 Å². The van der Waals surface area contributed by atoms with Crippen molar-refractivity contribution >= 4 is 46.6 Å². The van der Waals surface area contributed by atoms with Crippen LogP contribution in [-0.4, -0.2) is 23.9 Å². The van der Waals surface area contributed by atoms with Crippen LogP contribution in [0.2, 0.25) is 10.0 Å². The lowest BCUT2D eigenvalue weighted by Gasteiger charge is -2.05. The first-order valence-corrected chi connectivity index (χ1v) is 7.39. The predicted molar refractivity (Wildman–Crippen MR) is 86.5 cm³/mol. The highest BCUT2D eigenvalue weighted by molar-refractivity contribution is 6.42. The summed E-state index contributed by atoms with van der Waals surface area (Å²) < 4.78 is 11.9. The fourth-order valence-electron chi connectivity index (χ4n) is 2.37. The van der Waals surface area contributed by atoms with Crippen LogP contribution in [0.4, 0.5) is 0 Å². The van der Waals surface area contributed by atoms with Crippen LogP contribution in [-0.2, 0) is 11.3 Å². The van der Waals surface area contributed by atoms with Crippen molar-refractivity contribution in [3.05, 3.63) is 57.4 Å². The van der Waals surface area contributed by atoms with Gasteiger partial charge in [-0.05, 0) is 17.7 Å². The van der Waals surface area contributed by atoms with Gasteiger partial charge in [0.25, 0.3) is 0 Å². The lowest BCUT2D eigenvalue weighted by molar-refractivity contribution is 0.0601. The fraction of sp³-hybridized carbons (Fsp3) is 0.125. The molecule has 23 heavy (non-hydrogen) atoms. The Bertz CT molecular complexity index is 910. The molecule has 0 aliphatic carbocycles. The van der Waals surface area contributed by atoms with Gasteiger partial charge in [0.05, 0.1) is 22.7 Å². The van der Waals surface area contributed by atoms with E-state index < -0.39 is 5.97 Å². The Kier molecular flexibility index (Phi) is 4.15. The Balaban J connectivity index is 2.08. The fourth-order valence-corrected chi connectivity index (χ4v) is 2.69. The lowest BCUT2D eigenvalue weighted by atomic mass is 10.2. The van der Waals surface area contributed by atoms with E-state index in [1.54, 1.807) is 29.0 Å². The smallest absolute Gasteiger partial charge is 0.343 e. The number of esters is 1. The standard InChI is InChI=1S/C16H11Cl2NO4/c1-22-16(21)11-7-19(14-5-10(8-20)23-15(11)14)6-9-2-3-12(17)13(18)4-9/h2-5,7-8H,6H2,1H3. The second kappa shape index (κ2) is 6.10. The molecule has 0 amide bonds. The quantitative estimate of drug-likeness (QED) is 0.522. The molecule has 0 aliphatic heterocycles. The number of carbonyl (C=O) groups excluding carboxylic acids is 2. The molecule has 0 saturated heterocycles. The van der Waals surface area contributed by atoms with Crippen LogP contribution in [0.25, 0.3) is 11.1 Å². The molecule has 5 nitrogen and oxygen atoms in total. The van der Waals surface area contributed by atoms with E-state index in [-0.39, 0.29) is 11.3 Å². The van der Waals surface area contributed by atoms with Gasteiger partial charge in [-0.25, -0.2) is 4.79 Å². The van der Waals surface area contributed by atoms with Crippen molar-refractivity contribution in [2.75, 3.05) is 7.11 Å². The van der Waals surface area contributed by atoms with Gasteiger partial charge in [-0.1, -0.05) is 29.3 Å². The molecule has 0 aliphatic rings. The Morgan fingerprint density at radius 1 is 1.30 bits per heavy atom. The molecule has 0 atom stereocenters. The third-order valence-electron chi connectivity index (χ3n) is 3.43. The van der Waals surface area contributed by atoms with Crippen molar-refractivity contribution in [2.45, 2.75) is 6.54 Å². The summed E-state index contributed by atoms with van der Waals surface area (Å²) in [7, 11) is 1.29. The van der Waals surface area contributed by atoms with E-state index in [4.69, 9.17) is 32.4 Å². The first-order valence-electron chi connectivity index (χ1n) is 6.63. The summed E-state index contributed by atoms with van der Waals surface area (Å²) in [4.78, 5) is 22.8. The van der Waals surface area contributed by atoms with Gasteiger partial charge >= 0.3 is 5.97 Å². The number of rotatable bonds is 4. The van der Waals surface area contributed by atoms with Gasteiger partial charge in [0.15, 0.2) is 17.6 Å². The van der Waals surface area contributed by atoms with Gasteiger partial charge in [-0.15, -0.1) is 0 Å². The van der Waals surface area contributed by atoms with Gasteiger partial charge in [-0.2, -0.15) is 0 Å². The number of ether oxygens (including phenoxy) is 1. The van der Waals surface area contributed by atoms with Crippen LogP contribution in [0, 0.1) is 0 Å². The Morgan fingerprint density at radius 3 is 2.74 bits per heavy atom. The van der Waals surface area contributed by atoms with E-state index >= 15 is 0 Å². The number of benzene rings is 1. The van der Waals surface area contributed by atoms with Crippen molar-refractivity contribution in [1.82, 2.24) is 4.57 Å². The van der Waals surface area contributed by atoms with Crippen molar-refractivity contribution in [3.63, 3.8) is 0 Å². The summed E-state index contributed by atoms with van der Waals surface area (Å²) in [5.41, 5.74) is 2.09. The number of aromatic nitrogens is 1. The van der Waals surface area contributed by atoms with E-state index in [9.17, 15) is 9.59 Å². The van der Waals surface area contributed by atoms with Crippen LogP contribution in [0.5, 0.6) is 0 Å². The third-order valence-corrected chi connectivity index (χ3v) is 4.17. The molecule has 1 aromatic carbocycles. The average Bonchev–Trinajstić information content (AvgIpc) is 3.10. The maximum atomic E-state index is 11.9. The number of methoxy groups -OCH3 is 1. The van der Waals surface area contributed by atoms with Gasteiger partial charge in [0, 0.05) is 18.8 Å². The first kappa shape index (κ1) is 15.6. The maximum Gasteiger partial charge on any atom is 0.343 e. The predicted octanol–water partition coefficient (Wildman–Crippen LogP) is 4.19. The molecule has 0 unspecified atom stereocenters. The lowest BCUT2D eigenvalue weighted by Crippen LogP contribution is -2.01. The number of hydrogen-bond acceptors (Lipinski definition) is 4. The number of carbonyl (C=O) groups is 2. The molecule has 0 radical (unpaired) electrons. The summed E-state index contributed by atoms with van der Waals surface area (Å²) in [5, 5.41) is 0.913. The molecule has 0 spiro atoms. The van der Waals surface area contributed by atoms with Crippen molar-refractivity contribution in [3.8, 4) is 0 Å². The second-order valence-electron chi connectivity index (χ2n) is 4.89. The molecule has 0 fully saturated rings. The molecule has 3 aromatic rings. The summed E-state index contributed by atoms with van der Waals surface area (Å²) in [6.07, 6.45) is 2.21. The molecule has 0 saturated carbocycles. The van der Waals surface area contributed by atoms with Crippen LogP contribution >= 0.6 is 23.2 Å². The summed E-state index contributed by atoms with van der Waals surface area (Å²) >= 11 is 11.9. The molecule has 0 N–H and O–H groups in total. The molecular formula is C16H11Cl2NO4. The largest absolute Gasteiger partial charge is 0.465 e. The van der Waals surface area contributed by atoms with E-state index in [1.165, 1.54) is 7.11 Å². The zero-order chi connectivity index (χ0) is 16.6. The minimum Gasteiger partial charge on any atom is -0.465 e. The van der Waals surface area contributed by atoms with E-state index in [2.05, 4.69) is 0 Å². The Labute approximate surface area is 141 Å². The van der Waals surface area contributed by atoms with E-state index in [1.807, 2.05) is 6.07 Å². The minimum atomic E-state index is -0.533. The maximum absolute atomic E-state index is 11.9. The SMILES string of the molecule is COC(=O)c1cn(Cc2ccc(Cl)c(Cl)c2)c2cc(C=O)oc12. The summed E-state index contributed by atoms with van der Waals surface area (Å²) in [5.74, 6) is -0.390. The highest BCUT2D eigenvalue weighted by atomic mass is 35.5. The van der Waals surface area contributed by atoms with Crippen molar-refractivity contribution < 1.29 is 18.7 Å². The number of hydrogen-bond donors (Lipinski definition) is 0. The van der Waals surface area contributed by atoms with Gasteiger partial charge < -0.3 is 13.7 Å². The summed E-state index contributed by atoms with van der Waals surface area (Å²) in [6, 6.07) is 6.85. The zero-order valence-corrected chi connectivity index (χ0v) is 13.5. The van der Waals surface area contributed by atoms with Crippen LogP contribution in [0.15, 0.2) is 34.9 Å². The molecular weight excluding hydrogens is 341 g/mol. The molecule has 2 heterocycles. The minimum absolute atomic E-state index is 0.142. The number of aldehydes is 1. The highest BCUT2D eigenvalue weighted by Gasteiger charge is 2.20. The first-order chi connectivity index (χ1) is 11.0. The van der Waals surface area contributed by atoms with E-state index in [0.717, 1.165) is 5.56 Å². The van der Waals surface area contributed by atoms with Gasteiger partial charge in [-0.3, -0.25) is 4.79 Å². The topological polar surface area (TPSA) is 61.4 Å². The number of fused-ring (bicyclic) bond motifs is 1. The Morgan fingerprint density at radius 2 is 2.09 bits per heavy atom. The number of furan rings is 1. The molecule has 7 heteroatoms. The highest BCUT2D eigenvalue weighted by Crippen LogP contribution is 2.28. The van der Waals surface area contributed by atoms with Crippen molar-refractivity contribution in [2.24, 2.45) is 0 Å². The third kappa shape index (κ3) is 2.85. The zero-order valence-electron chi connectivity index (χ0n) is 12.0.